The third kappa shape index (κ3) is 7.58. The molecule has 0 aliphatic rings. The summed E-state index contributed by atoms with van der Waals surface area (Å²) in [5.41, 5.74) is 2.05. The summed E-state index contributed by atoms with van der Waals surface area (Å²) in [4.78, 5) is 37.6. The zero-order valence-electron chi connectivity index (χ0n) is 17.8. The molecule has 0 aliphatic heterocycles. The quantitative estimate of drug-likeness (QED) is 0.639. The summed E-state index contributed by atoms with van der Waals surface area (Å²) in [5, 5.41) is 2.72. The molecule has 160 valence electrons. The Balaban J connectivity index is 1.77. The van der Waals surface area contributed by atoms with Crippen LogP contribution in [0.25, 0.3) is 0 Å². The minimum Gasteiger partial charge on any atom is -0.493 e. The zero-order chi connectivity index (χ0) is 22.1. The van der Waals surface area contributed by atoms with Crippen LogP contribution in [-0.2, 0) is 14.3 Å². The van der Waals surface area contributed by atoms with E-state index in [-0.39, 0.29) is 12.5 Å². The first kappa shape index (κ1) is 22.9. The minimum absolute atomic E-state index is 0.147. The molecule has 2 rings (SSSR count). The van der Waals surface area contributed by atoms with Crippen molar-refractivity contribution in [3.8, 4) is 5.75 Å². The molecule has 0 aliphatic carbocycles. The van der Waals surface area contributed by atoms with Gasteiger partial charge in [0.15, 0.2) is 6.61 Å². The third-order valence-corrected chi connectivity index (χ3v) is 4.14. The van der Waals surface area contributed by atoms with Crippen LogP contribution in [0.1, 0.15) is 29.8 Å². The average molecular weight is 412 g/mol. The molecule has 2 aromatic rings. The van der Waals surface area contributed by atoms with Crippen molar-refractivity contribution in [1.82, 2.24) is 4.90 Å². The molecule has 0 atom stereocenters. The first-order chi connectivity index (χ1) is 14.2. The van der Waals surface area contributed by atoms with E-state index in [0.717, 1.165) is 5.56 Å². The SMILES string of the molecule is Cc1ccc(NC(=O)CN(C)C(=O)COC(=O)c2ccc(OCC(C)C)cc2)cc1. The van der Waals surface area contributed by atoms with Gasteiger partial charge in [-0.15, -0.1) is 0 Å². The van der Waals surface area contributed by atoms with Crippen molar-refractivity contribution in [2.24, 2.45) is 5.92 Å². The lowest BCUT2D eigenvalue weighted by molar-refractivity contribution is -0.136. The van der Waals surface area contributed by atoms with Crippen LogP contribution in [0.3, 0.4) is 0 Å². The molecular formula is C23H28N2O5. The van der Waals surface area contributed by atoms with E-state index in [1.807, 2.05) is 32.9 Å². The van der Waals surface area contributed by atoms with E-state index in [1.54, 1.807) is 36.4 Å². The molecule has 0 saturated carbocycles. The molecule has 7 nitrogen and oxygen atoms in total. The summed E-state index contributed by atoms with van der Waals surface area (Å²) in [5.74, 6) is -0.360. The van der Waals surface area contributed by atoms with Crippen molar-refractivity contribution in [3.63, 3.8) is 0 Å². The van der Waals surface area contributed by atoms with Crippen LogP contribution in [0.15, 0.2) is 48.5 Å². The van der Waals surface area contributed by atoms with E-state index >= 15 is 0 Å². The van der Waals surface area contributed by atoms with Crippen LogP contribution in [0.4, 0.5) is 5.69 Å². The summed E-state index contributed by atoms with van der Waals surface area (Å²) in [6.45, 7) is 6.04. The van der Waals surface area contributed by atoms with Gasteiger partial charge in [-0.1, -0.05) is 31.5 Å². The number of rotatable bonds is 9. The number of amides is 2. The highest BCUT2D eigenvalue weighted by Gasteiger charge is 2.16. The summed E-state index contributed by atoms with van der Waals surface area (Å²) in [7, 11) is 1.48. The Hall–Kier alpha value is -3.35. The second-order valence-electron chi connectivity index (χ2n) is 7.47. The van der Waals surface area contributed by atoms with Crippen LogP contribution in [-0.4, -0.2) is 49.5 Å². The van der Waals surface area contributed by atoms with Gasteiger partial charge in [-0.2, -0.15) is 0 Å². The Morgan fingerprint density at radius 1 is 1.00 bits per heavy atom. The first-order valence-corrected chi connectivity index (χ1v) is 9.75. The summed E-state index contributed by atoms with van der Waals surface area (Å²) in [6, 6.07) is 13.9. The predicted octanol–water partition coefficient (Wildman–Crippen LogP) is 3.28. The number of nitrogens with zero attached hydrogens (tertiary/aromatic N) is 1. The average Bonchev–Trinajstić information content (AvgIpc) is 2.72. The second kappa shape index (κ2) is 11.0. The standard InChI is InChI=1S/C23H28N2O5/c1-16(2)14-29-20-11-7-18(8-12-20)23(28)30-15-22(27)25(4)13-21(26)24-19-9-5-17(3)6-10-19/h5-12,16H,13-15H2,1-4H3,(H,24,26). The number of likely N-dealkylation sites (N-methyl/N-ethyl adjacent to an activating group) is 1. The summed E-state index contributed by atoms with van der Waals surface area (Å²) >= 11 is 0. The predicted molar refractivity (Wildman–Crippen MR) is 115 cm³/mol. The number of esters is 1. The summed E-state index contributed by atoms with van der Waals surface area (Å²) in [6.07, 6.45) is 0. The number of carbonyl (C=O) groups is 3. The molecule has 7 heteroatoms. The number of hydrogen-bond acceptors (Lipinski definition) is 5. The van der Waals surface area contributed by atoms with E-state index in [2.05, 4.69) is 5.32 Å². The zero-order valence-corrected chi connectivity index (χ0v) is 17.8. The molecule has 0 heterocycles. The lowest BCUT2D eigenvalue weighted by Crippen LogP contribution is -2.37. The third-order valence-electron chi connectivity index (χ3n) is 4.14. The molecule has 2 amide bonds. The van der Waals surface area contributed by atoms with Gasteiger partial charge in [-0.25, -0.2) is 4.79 Å². The number of aryl methyl sites for hydroxylation is 1. The van der Waals surface area contributed by atoms with E-state index in [4.69, 9.17) is 9.47 Å². The Morgan fingerprint density at radius 2 is 1.63 bits per heavy atom. The molecular weight excluding hydrogens is 384 g/mol. The van der Waals surface area contributed by atoms with Crippen molar-refractivity contribution in [2.75, 3.05) is 32.1 Å². The Labute approximate surface area is 177 Å². The molecule has 1 N–H and O–H groups in total. The fraction of sp³-hybridized carbons (Fsp3) is 0.348. The van der Waals surface area contributed by atoms with Crippen molar-refractivity contribution in [1.29, 1.82) is 0 Å². The molecule has 0 saturated heterocycles. The molecule has 2 aromatic carbocycles. The van der Waals surface area contributed by atoms with Gasteiger partial charge in [0.1, 0.15) is 5.75 Å². The Kier molecular flexibility index (Phi) is 8.41. The summed E-state index contributed by atoms with van der Waals surface area (Å²) < 4.78 is 10.6. The minimum atomic E-state index is -0.615. The van der Waals surface area contributed by atoms with Crippen LogP contribution < -0.4 is 10.1 Å². The largest absolute Gasteiger partial charge is 0.493 e. The highest BCUT2D eigenvalue weighted by molar-refractivity contribution is 5.95. The number of carbonyl (C=O) groups excluding carboxylic acids is 3. The number of benzene rings is 2. The van der Waals surface area contributed by atoms with Gasteiger partial charge < -0.3 is 19.7 Å². The molecule has 0 fully saturated rings. The maximum Gasteiger partial charge on any atom is 0.338 e. The highest BCUT2D eigenvalue weighted by Crippen LogP contribution is 2.14. The molecule has 30 heavy (non-hydrogen) atoms. The van der Waals surface area contributed by atoms with Crippen LogP contribution in [0.5, 0.6) is 5.75 Å². The lowest BCUT2D eigenvalue weighted by Gasteiger charge is -2.17. The van der Waals surface area contributed by atoms with Gasteiger partial charge in [0.05, 0.1) is 18.7 Å². The van der Waals surface area contributed by atoms with Crippen LogP contribution in [0, 0.1) is 12.8 Å². The van der Waals surface area contributed by atoms with Crippen molar-refractivity contribution in [3.05, 3.63) is 59.7 Å². The Bertz CT molecular complexity index is 860. The fourth-order valence-corrected chi connectivity index (χ4v) is 2.41. The van der Waals surface area contributed by atoms with Crippen LogP contribution >= 0.6 is 0 Å². The smallest absolute Gasteiger partial charge is 0.338 e. The normalized spacial score (nSPS) is 10.4. The number of ether oxygens (including phenoxy) is 2. The van der Waals surface area contributed by atoms with Gasteiger partial charge in [-0.3, -0.25) is 9.59 Å². The van der Waals surface area contributed by atoms with Gasteiger partial charge in [0.2, 0.25) is 5.91 Å². The van der Waals surface area contributed by atoms with Gasteiger partial charge >= 0.3 is 5.97 Å². The van der Waals surface area contributed by atoms with E-state index < -0.39 is 18.5 Å². The van der Waals surface area contributed by atoms with Gasteiger partial charge in [0.25, 0.3) is 5.91 Å². The molecule has 0 bridgehead atoms. The molecule has 0 spiro atoms. The molecule has 0 radical (unpaired) electrons. The molecule has 0 unspecified atom stereocenters. The Morgan fingerprint density at radius 3 is 2.23 bits per heavy atom. The van der Waals surface area contributed by atoms with E-state index in [0.29, 0.717) is 29.5 Å². The maximum absolute atomic E-state index is 12.2. The lowest BCUT2D eigenvalue weighted by atomic mass is 10.2. The molecule has 0 aromatic heterocycles. The number of nitrogens with one attached hydrogen (secondary N) is 1. The van der Waals surface area contributed by atoms with Gasteiger partial charge in [0, 0.05) is 12.7 Å². The van der Waals surface area contributed by atoms with E-state index in [9.17, 15) is 14.4 Å². The second-order valence-corrected chi connectivity index (χ2v) is 7.47. The maximum atomic E-state index is 12.2. The van der Waals surface area contributed by atoms with Crippen molar-refractivity contribution >= 4 is 23.5 Å². The van der Waals surface area contributed by atoms with Crippen molar-refractivity contribution in [2.45, 2.75) is 20.8 Å². The van der Waals surface area contributed by atoms with Crippen LogP contribution in [0.2, 0.25) is 0 Å². The fourth-order valence-electron chi connectivity index (χ4n) is 2.41. The van der Waals surface area contributed by atoms with Gasteiger partial charge in [-0.05, 0) is 49.2 Å². The monoisotopic (exact) mass is 412 g/mol. The number of hydrogen-bond donors (Lipinski definition) is 1. The number of anilines is 1. The highest BCUT2D eigenvalue weighted by atomic mass is 16.5. The first-order valence-electron chi connectivity index (χ1n) is 9.75. The van der Waals surface area contributed by atoms with E-state index in [1.165, 1.54) is 11.9 Å². The topological polar surface area (TPSA) is 84.9 Å². The van der Waals surface area contributed by atoms with Crippen molar-refractivity contribution < 1.29 is 23.9 Å².